The zero-order valence-corrected chi connectivity index (χ0v) is 17.7. The summed E-state index contributed by atoms with van der Waals surface area (Å²) in [6.45, 7) is 3.72. The van der Waals surface area contributed by atoms with Crippen LogP contribution in [0.15, 0.2) is 46.7 Å². The molecule has 152 valence electrons. The summed E-state index contributed by atoms with van der Waals surface area (Å²) in [5, 5.41) is 5.03. The maximum atomic E-state index is 12.7. The predicted octanol–water partition coefficient (Wildman–Crippen LogP) is 0.385. The normalized spacial score (nSPS) is 16.8. The summed E-state index contributed by atoms with van der Waals surface area (Å²) in [7, 11) is -0.638. The second-order valence-corrected chi connectivity index (χ2v) is 10.00. The summed E-state index contributed by atoms with van der Waals surface area (Å²) in [4.78, 5) is 15.4. The Morgan fingerprint density at radius 3 is 2.64 bits per heavy atom. The molecule has 0 radical (unpaired) electrons. The molecule has 1 aromatic carbocycles. The van der Waals surface area contributed by atoms with Crippen molar-refractivity contribution in [3.8, 4) is 0 Å². The number of carbonyl (C=O) groups excluding carboxylic acids is 1. The summed E-state index contributed by atoms with van der Waals surface area (Å²) in [5.74, 6) is -0.273. The maximum Gasteiger partial charge on any atom is 0.251 e. The molecule has 2 heterocycles. The minimum absolute atomic E-state index is 0.110. The summed E-state index contributed by atoms with van der Waals surface area (Å²) in [5.41, 5.74) is 0.338. The van der Waals surface area contributed by atoms with E-state index in [9.17, 15) is 13.2 Å². The Morgan fingerprint density at radius 1 is 1.25 bits per heavy atom. The van der Waals surface area contributed by atoms with Gasteiger partial charge in [-0.3, -0.25) is 4.79 Å². The van der Waals surface area contributed by atoms with E-state index < -0.39 is 10.0 Å². The summed E-state index contributed by atoms with van der Waals surface area (Å²) in [6, 6.07) is 10.4. The molecule has 0 bridgehead atoms. The lowest BCUT2D eigenvalue weighted by molar-refractivity contribution is -0.937. The van der Waals surface area contributed by atoms with Gasteiger partial charge >= 0.3 is 0 Å². The van der Waals surface area contributed by atoms with Crippen LogP contribution in [-0.4, -0.2) is 65.6 Å². The highest BCUT2D eigenvalue weighted by molar-refractivity contribution is 7.89. The lowest BCUT2D eigenvalue weighted by Crippen LogP contribution is -3.15. The zero-order valence-electron chi connectivity index (χ0n) is 16.1. The highest BCUT2D eigenvalue weighted by Crippen LogP contribution is 2.17. The van der Waals surface area contributed by atoms with Gasteiger partial charge in [-0.2, -0.15) is 0 Å². The molecule has 2 aromatic rings. The molecule has 3 rings (SSSR count). The van der Waals surface area contributed by atoms with Crippen molar-refractivity contribution in [3.05, 3.63) is 52.2 Å². The average molecular weight is 425 g/mol. The number of benzene rings is 1. The Bertz CT molecular complexity index is 892. The Balaban J connectivity index is 1.73. The van der Waals surface area contributed by atoms with Crippen molar-refractivity contribution in [2.75, 3.05) is 46.9 Å². The lowest BCUT2D eigenvalue weighted by atomic mass is 10.1. The minimum atomic E-state index is -3.58. The van der Waals surface area contributed by atoms with E-state index in [2.05, 4.69) is 11.4 Å². The monoisotopic (exact) mass is 424 g/mol. The number of morpholine rings is 1. The molecule has 1 saturated heterocycles. The van der Waals surface area contributed by atoms with Crippen LogP contribution in [0.4, 0.5) is 0 Å². The number of carbonyl (C=O) groups is 1. The Labute approximate surface area is 170 Å². The SMILES string of the molecule is CN(C)S(=O)(=O)c1cccc(C(=O)NC[C@@H](c2cccs2)[NH+]2CCOCC2)c1. The molecule has 28 heavy (non-hydrogen) atoms. The first-order chi connectivity index (χ1) is 13.4. The Hall–Kier alpha value is -1.78. The van der Waals surface area contributed by atoms with Crippen molar-refractivity contribution < 1.29 is 22.8 Å². The van der Waals surface area contributed by atoms with E-state index in [1.54, 1.807) is 23.5 Å². The second kappa shape index (κ2) is 9.15. The highest BCUT2D eigenvalue weighted by atomic mass is 32.2. The fourth-order valence-corrected chi connectivity index (χ4v) is 5.06. The quantitative estimate of drug-likeness (QED) is 0.674. The van der Waals surface area contributed by atoms with E-state index in [-0.39, 0.29) is 16.8 Å². The van der Waals surface area contributed by atoms with Gasteiger partial charge in [0.2, 0.25) is 10.0 Å². The minimum Gasteiger partial charge on any atom is -0.370 e. The molecule has 1 amide bonds. The molecule has 1 aliphatic rings. The standard InChI is InChI=1S/C19H25N3O4S2/c1-21(2)28(24,25)16-6-3-5-15(13-16)19(23)20-14-17(18-7-4-12-27-18)22-8-10-26-11-9-22/h3-7,12-13,17H,8-11,14H2,1-2H3,(H,20,23)/p+1/t17-/m0/s1. The molecule has 2 N–H and O–H groups in total. The van der Waals surface area contributed by atoms with E-state index in [1.807, 2.05) is 11.4 Å². The van der Waals surface area contributed by atoms with Crippen LogP contribution in [0.25, 0.3) is 0 Å². The van der Waals surface area contributed by atoms with Gasteiger partial charge < -0.3 is 15.0 Å². The number of quaternary nitrogens is 1. The topological polar surface area (TPSA) is 80.2 Å². The molecule has 1 aromatic heterocycles. The van der Waals surface area contributed by atoms with Gasteiger partial charge in [-0.25, -0.2) is 12.7 Å². The second-order valence-electron chi connectivity index (χ2n) is 6.86. The number of hydrogen-bond donors (Lipinski definition) is 2. The number of thiophene rings is 1. The third-order valence-corrected chi connectivity index (χ3v) is 7.65. The molecule has 0 spiro atoms. The summed E-state index contributed by atoms with van der Waals surface area (Å²) in [6.07, 6.45) is 0. The van der Waals surface area contributed by atoms with E-state index in [0.717, 1.165) is 30.6 Å². The molecule has 1 aliphatic heterocycles. The molecular weight excluding hydrogens is 398 g/mol. The van der Waals surface area contributed by atoms with Crippen LogP contribution < -0.4 is 10.2 Å². The van der Waals surface area contributed by atoms with Crippen molar-refractivity contribution in [1.29, 1.82) is 0 Å². The average Bonchev–Trinajstić information content (AvgIpc) is 3.23. The van der Waals surface area contributed by atoms with Gasteiger partial charge in [0.25, 0.3) is 5.91 Å². The number of ether oxygens (including phenoxy) is 1. The van der Waals surface area contributed by atoms with Crippen LogP contribution in [-0.2, 0) is 14.8 Å². The lowest BCUT2D eigenvalue weighted by Gasteiger charge is -2.31. The van der Waals surface area contributed by atoms with Gasteiger partial charge in [0.1, 0.15) is 19.1 Å². The van der Waals surface area contributed by atoms with Gasteiger partial charge in [0.05, 0.1) is 29.5 Å². The van der Waals surface area contributed by atoms with Crippen molar-refractivity contribution in [1.82, 2.24) is 9.62 Å². The van der Waals surface area contributed by atoms with E-state index in [0.29, 0.717) is 12.1 Å². The van der Waals surface area contributed by atoms with Crippen molar-refractivity contribution >= 4 is 27.3 Å². The predicted molar refractivity (Wildman–Crippen MR) is 108 cm³/mol. The van der Waals surface area contributed by atoms with Gasteiger partial charge in [0, 0.05) is 19.7 Å². The van der Waals surface area contributed by atoms with Crippen LogP contribution in [0.2, 0.25) is 0 Å². The fraction of sp³-hybridized carbons (Fsp3) is 0.421. The van der Waals surface area contributed by atoms with E-state index in [1.165, 1.54) is 36.0 Å². The molecule has 1 atom stereocenters. The number of amides is 1. The molecule has 0 aliphatic carbocycles. The first-order valence-electron chi connectivity index (χ1n) is 9.16. The third kappa shape index (κ3) is 4.79. The maximum absolute atomic E-state index is 12.7. The smallest absolute Gasteiger partial charge is 0.251 e. The van der Waals surface area contributed by atoms with Crippen molar-refractivity contribution in [2.24, 2.45) is 0 Å². The van der Waals surface area contributed by atoms with Crippen LogP contribution in [0.1, 0.15) is 21.3 Å². The van der Waals surface area contributed by atoms with E-state index >= 15 is 0 Å². The summed E-state index contributed by atoms with van der Waals surface area (Å²) < 4.78 is 31.2. The highest BCUT2D eigenvalue weighted by Gasteiger charge is 2.28. The van der Waals surface area contributed by atoms with Crippen molar-refractivity contribution in [2.45, 2.75) is 10.9 Å². The van der Waals surface area contributed by atoms with Crippen molar-refractivity contribution in [3.63, 3.8) is 0 Å². The number of nitrogens with zero attached hydrogens (tertiary/aromatic N) is 1. The Morgan fingerprint density at radius 2 is 2.00 bits per heavy atom. The first-order valence-corrected chi connectivity index (χ1v) is 11.5. The largest absolute Gasteiger partial charge is 0.370 e. The third-order valence-electron chi connectivity index (χ3n) is 4.86. The van der Waals surface area contributed by atoms with Crippen LogP contribution in [0.3, 0.4) is 0 Å². The number of rotatable bonds is 7. The number of hydrogen-bond acceptors (Lipinski definition) is 5. The molecular formula is C19H26N3O4S2+. The first kappa shape index (κ1) is 20.9. The van der Waals surface area contributed by atoms with Gasteiger partial charge in [0.15, 0.2) is 0 Å². The summed E-state index contributed by atoms with van der Waals surface area (Å²) >= 11 is 1.68. The van der Waals surface area contributed by atoms with Gasteiger partial charge in [-0.05, 0) is 29.6 Å². The molecule has 0 unspecified atom stereocenters. The fourth-order valence-electron chi connectivity index (χ4n) is 3.22. The van der Waals surface area contributed by atoms with Crippen LogP contribution in [0.5, 0.6) is 0 Å². The molecule has 7 nitrogen and oxygen atoms in total. The van der Waals surface area contributed by atoms with Crippen LogP contribution in [0, 0.1) is 0 Å². The Kier molecular flexibility index (Phi) is 6.84. The van der Waals surface area contributed by atoms with Gasteiger partial charge in [-0.1, -0.05) is 12.1 Å². The van der Waals surface area contributed by atoms with E-state index in [4.69, 9.17) is 4.74 Å². The molecule has 0 saturated carbocycles. The molecule has 9 heteroatoms. The number of nitrogens with one attached hydrogen (secondary N) is 2. The zero-order chi connectivity index (χ0) is 20.1. The number of sulfonamides is 1. The van der Waals surface area contributed by atoms with Crippen LogP contribution >= 0.6 is 11.3 Å². The molecule has 1 fully saturated rings. The van der Waals surface area contributed by atoms with Gasteiger partial charge in [-0.15, -0.1) is 11.3 Å².